The van der Waals surface area contributed by atoms with Gasteiger partial charge in [0.15, 0.2) is 0 Å². The summed E-state index contributed by atoms with van der Waals surface area (Å²) in [7, 11) is 0. The zero-order chi connectivity index (χ0) is 13.1. The van der Waals surface area contributed by atoms with E-state index in [4.69, 9.17) is 5.73 Å². The standard InChI is InChI=1S/C14H21N3O/c1-9-7-12(9)8-16-14(18)17-13-5-3-11(4-6-13)10(2)15/h3-6,9-10,12H,7-8,15H2,1-2H3,(H2,16,17,18). The number of anilines is 1. The molecule has 1 aliphatic rings. The Labute approximate surface area is 108 Å². The van der Waals surface area contributed by atoms with Gasteiger partial charge in [-0.1, -0.05) is 19.1 Å². The Hall–Kier alpha value is -1.55. The molecule has 0 heterocycles. The van der Waals surface area contributed by atoms with Crippen molar-refractivity contribution in [3.8, 4) is 0 Å². The number of hydrogen-bond acceptors (Lipinski definition) is 2. The smallest absolute Gasteiger partial charge is 0.319 e. The molecule has 4 N–H and O–H groups in total. The molecule has 1 saturated carbocycles. The highest BCUT2D eigenvalue weighted by atomic mass is 16.2. The second-order valence-electron chi connectivity index (χ2n) is 5.22. The Balaban J connectivity index is 1.79. The van der Waals surface area contributed by atoms with E-state index in [0.29, 0.717) is 5.92 Å². The molecule has 0 spiro atoms. The molecule has 3 atom stereocenters. The molecule has 1 aromatic rings. The number of carbonyl (C=O) groups excluding carboxylic acids is 1. The van der Waals surface area contributed by atoms with Gasteiger partial charge < -0.3 is 16.4 Å². The zero-order valence-corrected chi connectivity index (χ0v) is 10.9. The Kier molecular flexibility index (Phi) is 3.87. The number of nitrogens with two attached hydrogens (primary N) is 1. The molecule has 3 unspecified atom stereocenters. The van der Waals surface area contributed by atoms with Gasteiger partial charge in [-0.2, -0.15) is 0 Å². The summed E-state index contributed by atoms with van der Waals surface area (Å²) >= 11 is 0. The lowest BCUT2D eigenvalue weighted by Gasteiger charge is -2.09. The third-order valence-electron chi connectivity index (χ3n) is 3.50. The molecule has 1 fully saturated rings. The molecular weight excluding hydrogens is 226 g/mol. The summed E-state index contributed by atoms with van der Waals surface area (Å²) in [5, 5.41) is 5.70. The summed E-state index contributed by atoms with van der Waals surface area (Å²) in [5.41, 5.74) is 7.62. The fourth-order valence-electron chi connectivity index (χ4n) is 1.95. The first-order valence-electron chi connectivity index (χ1n) is 6.46. The predicted octanol–water partition coefficient (Wildman–Crippen LogP) is 2.48. The van der Waals surface area contributed by atoms with Crippen LogP contribution in [0, 0.1) is 11.8 Å². The maximum atomic E-state index is 11.6. The molecule has 4 nitrogen and oxygen atoms in total. The second kappa shape index (κ2) is 5.40. The van der Waals surface area contributed by atoms with Crippen molar-refractivity contribution >= 4 is 11.7 Å². The Morgan fingerprint density at radius 3 is 2.56 bits per heavy atom. The van der Waals surface area contributed by atoms with Crippen LogP contribution in [0.15, 0.2) is 24.3 Å². The third-order valence-corrected chi connectivity index (χ3v) is 3.50. The van der Waals surface area contributed by atoms with Crippen LogP contribution in [-0.4, -0.2) is 12.6 Å². The van der Waals surface area contributed by atoms with Gasteiger partial charge in [-0.05, 0) is 42.9 Å². The third kappa shape index (κ3) is 3.47. The highest BCUT2D eigenvalue weighted by Gasteiger charge is 2.32. The van der Waals surface area contributed by atoms with Crippen LogP contribution in [0.3, 0.4) is 0 Å². The molecule has 1 aliphatic carbocycles. The number of hydrogen-bond donors (Lipinski definition) is 3. The van der Waals surface area contributed by atoms with Crippen LogP contribution in [0.2, 0.25) is 0 Å². The van der Waals surface area contributed by atoms with Crippen LogP contribution in [0.5, 0.6) is 0 Å². The van der Waals surface area contributed by atoms with E-state index in [1.54, 1.807) is 0 Å². The van der Waals surface area contributed by atoms with Crippen molar-refractivity contribution in [3.05, 3.63) is 29.8 Å². The number of carbonyl (C=O) groups is 1. The van der Waals surface area contributed by atoms with Crippen molar-refractivity contribution in [2.45, 2.75) is 26.3 Å². The first kappa shape index (κ1) is 12.9. The van der Waals surface area contributed by atoms with Crippen molar-refractivity contribution in [2.75, 3.05) is 11.9 Å². The number of rotatable bonds is 4. The first-order valence-corrected chi connectivity index (χ1v) is 6.46. The van der Waals surface area contributed by atoms with Crippen LogP contribution in [0.25, 0.3) is 0 Å². The lowest BCUT2D eigenvalue weighted by Crippen LogP contribution is -2.30. The lowest BCUT2D eigenvalue weighted by molar-refractivity contribution is 0.251. The average Bonchev–Trinajstić information content (AvgIpc) is 3.03. The van der Waals surface area contributed by atoms with Crippen molar-refractivity contribution in [2.24, 2.45) is 17.6 Å². The molecule has 2 rings (SSSR count). The molecule has 18 heavy (non-hydrogen) atoms. The van der Waals surface area contributed by atoms with Gasteiger partial charge in [-0.3, -0.25) is 0 Å². The minimum Gasteiger partial charge on any atom is -0.338 e. The zero-order valence-electron chi connectivity index (χ0n) is 10.9. The summed E-state index contributed by atoms with van der Waals surface area (Å²) in [5.74, 6) is 1.42. The van der Waals surface area contributed by atoms with Gasteiger partial charge in [-0.25, -0.2) is 4.79 Å². The molecule has 1 aromatic carbocycles. The van der Waals surface area contributed by atoms with Gasteiger partial charge in [-0.15, -0.1) is 0 Å². The minimum absolute atomic E-state index is 0.0178. The topological polar surface area (TPSA) is 67.1 Å². The van der Waals surface area contributed by atoms with E-state index in [9.17, 15) is 4.79 Å². The number of urea groups is 1. The quantitative estimate of drug-likeness (QED) is 0.765. The molecular formula is C14H21N3O. The van der Waals surface area contributed by atoms with Crippen LogP contribution in [0.4, 0.5) is 10.5 Å². The normalized spacial score (nSPS) is 23.3. The molecule has 98 valence electrons. The summed E-state index contributed by atoms with van der Waals surface area (Å²) in [6.45, 7) is 4.91. The summed E-state index contributed by atoms with van der Waals surface area (Å²) in [4.78, 5) is 11.6. The number of amides is 2. The summed E-state index contributed by atoms with van der Waals surface area (Å²) < 4.78 is 0. The van der Waals surface area contributed by atoms with Crippen LogP contribution < -0.4 is 16.4 Å². The molecule has 0 bridgehead atoms. The van der Waals surface area contributed by atoms with E-state index in [0.717, 1.165) is 23.7 Å². The molecule has 0 aromatic heterocycles. The molecule has 2 amide bonds. The van der Waals surface area contributed by atoms with Crippen molar-refractivity contribution in [1.82, 2.24) is 5.32 Å². The summed E-state index contributed by atoms with van der Waals surface area (Å²) in [6.07, 6.45) is 1.23. The number of nitrogens with one attached hydrogen (secondary N) is 2. The van der Waals surface area contributed by atoms with E-state index in [-0.39, 0.29) is 12.1 Å². The van der Waals surface area contributed by atoms with Gasteiger partial charge in [0.05, 0.1) is 0 Å². The molecule has 4 heteroatoms. The van der Waals surface area contributed by atoms with Crippen molar-refractivity contribution < 1.29 is 4.79 Å². The average molecular weight is 247 g/mol. The highest BCUT2D eigenvalue weighted by molar-refractivity contribution is 5.89. The molecule has 0 radical (unpaired) electrons. The van der Waals surface area contributed by atoms with E-state index < -0.39 is 0 Å². The van der Waals surface area contributed by atoms with Gasteiger partial charge in [0.2, 0.25) is 0 Å². The molecule has 0 aliphatic heterocycles. The van der Waals surface area contributed by atoms with Gasteiger partial charge in [0.1, 0.15) is 0 Å². The minimum atomic E-state index is -0.136. The largest absolute Gasteiger partial charge is 0.338 e. The predicted molar refractivity (Wildman–Crippen MR) is 73.3 cm³/mol. The Bertz CT molecular complexity index is 414. The van der Waals surface area contributed by atoms with Crippen LogP contribution in [0.1, 0.15) is 31.9 Å². The van der Waals surface area contributed by atoms with Gasteiger partial charge >= 0.3 is 6.03 Å². The highest BCUT2D eigenvalue weighted by Crippen LogP contribution is 2.36. The first-order chi connectivity index (χ1) is 8.56. The lowest BCUT2D eigenvalue weighted by atomic mass is 10.1. The molecule has 0 saturated heterocycles. The fourth-order valence-corrected chi connectivity index (χ4v) is 1.95. The van der Waals surface area contributed by atoms with Crippen LogP contribution in [-0.2, 0) is 0 Å². The number of benzene rings is 1. The van der Waals surface area contributed by atoms with Gasteiger partial charge in [0.25, 0.3) is 0 Å². The fraction of sp³-hybridized carbons (Fsp3) is 0.500. The Morgan fingerprint density at radius 2 is 2.06 bits per heavy atom. The maximum absolute atomic E-state index is 11.6. The van der Waals surface area contributed by atoms with E-state index in [1.807, 2.05) is 31.2 Å². The second-order valence-corrected chi connectivity index (χ2v) is 5.22. The van der Waals surface area contributed by atoms with Crippen molar-refractivity contribution in [1.29, 1.82) is 0 Å². The monoisotopic (exact) mass is 247 g/mol. The SMILES string of the molecule is CC(N)c1ccc(NC(=O)NCC2CC2C)cc1. The maximum Gasteiger partial charge on any atom is 0.319 e. The van der Waals surface area contributed by atoms with Crippen molar-refractivity contribution in [3.63, 3.8) is 0 Å². The van der Waals surface area contributed by atoms with E-state index >= 15 is 0 Å². The van der Waals surface area contributed by atoms with E-state index in [2.05, 4.69) is 17.6 Å². The Morgan fingerprint density at radius 1 is 1.44 bits per heavy atom. The van der Waals surface area contributed by atoms with E-state index in [1.165, 1.54) is 6.42 Å². The van der Waals surface area contributed by atoms with Gasteiger partial charge in [0, 0.05) is 18.3 Å². The van der Waals surface area contributed by atoms with Crippen LogP contribution >= 0.6 is 0 Å². The summed E-state index contributed by atoms with van der Waals surface area (Å²) in [6, 6.07) is 7.49.